The van der Waals surface area contributed by atoms with Gasteiger partial charge in [-0.1, -0.05) is 0 Å². The van der Waals surface area contributed by atoms with Crippen molar-refractivity contribution < 1.29 is 14.3 Å². The number of piperidine rings is 1. The van der Waals surface area contributed by atoms with E-state index in [4.69, 9.17) is 4.74 Å². The van der Waals surface area contributed by atoms with Crippen molar-refractivity contribution in [3.05, 3.63) is 0 Å². The summed E-state index contributed by atoms with van der Waals surface area (Å²) in [6, 6.07) is -0.254. The molecule has 0 aliphatic carbocycles. The van der Waals surface area contributed by atoms with Gasteiger partial charge in [-0.2, -0.15) is 0 Å². The van der Waals surface area contributed by atoms with Crippen LogP contribution in [0, 0.1) is 5.92 Å². The highest BCUT2D eigenvalue weighted by Gasteiger charge is 2.52. The molecule has 1 aliphatic rings. The van der Waals surface area contributed by atoms with E-state index >= 15 is 0 Å². The van der Waals surface area contributed by atoms with E-state index in [0.29, 0.717) is 6.42 Å². The number of carbonyl (C=O) groups is 2. The zero-order valence-corrected chi connectivity index (χ0v) is 13.0. The molecule has 1 aliphatic heterocycles. The van der Waals surface area contributed by atoms with Gasteiger partial charge in [-0.25, -0.2) is 0 Å². The summed E-state index contributed by atoms with van der Waals surface area (Å²) in [7, 11) is 3.42. The molecule has 0 bridgehead atoms. The molecule has 1 amide bonds. The normalized spacial score (nSPS) is 29.6. The molecule has 110 valence electrons. The third-order valence-electron chi connectivity index (χ3n) is 4.52. The van der Waals surface area contributed by atoms with Crippen LogP contribution in [0.15, 0.2) is 0 Å². The number of esters is 1. The Kier molecular flexibility index (Phi) is 4.30. The van der Waals surface area contributed by atoms with Crippen LogP contribution in [0.2, 0.25) is 0 Å². The van der Waals surface area contributed by atoms with Crippen LogP contribution in [0.25, 0.3) is 0 Å². The van der Waals surface area contributed by atoms with Gasteiger partial charge >= 0.3 is 5.97 Å². The highest BCUT2D eigenvalue weighted by molar-refractivity contribution is 5.77. The molecule has 1 fully saturated rings. The summed E-state index contributed by atoms with van der Waals surface area (Å²) in [5.74, 6) is -0.705. The van der Waals surface area contributed by atoms with Gasteiger partial charge in [0.15, 0.2) is 0 Å². The fourth-order valence-corrected chi connectivity index (χ4v) is 3.14. The average Bonchev–Trinajstić information content (AvgIpc) is 2.29. The number of likely N-dealkylation sites (N-methyl/N-ethyl adjacent to an activating group) is 1. The molecule has 2 atom stereocenters. The second kappa shape index (κ2) is 5.12. The number of hydrogen-bond donors (Lipinski definition) is 1. The zero-order valence-electron chi connectivity index (χ0n) is 13.0. The number of likely N-dealkylation sites (tertiary alicyclic amines) is 1. The number of ether oxygens (including phenoxy) is 1. The summed E-state index contributed by atoms with van der Waals surface area (Å²) in [5, 5.41) is 2.92. The number of carbonyl (C=O) groups excluding carboxylic acids is 2. The van der Waals surface area contributed by atoms with Crippen molar-refractivity contribution in [1.29, 1.82) is 0 Å². The molecule has 0 saturated carbocycles. The molecular formula is C14H26N2O3. The number of rotatable bonds is 2. The molecule has 5 heteroatoms. The molecule has 0 spiro atoms. The van der Waals surface area contributed by atoms with E-state index in [0.717, 1.165) is 0 Å². The molecule has 0 aromatic rings. The minimum absolute atomic E-state index is 0.125. The molecule has 1 heterocycles. The molecule has 1 rings (SSSR count). The molecule has 2 unspecified atom stereocenters. The first-order chi connectivity index (χ1) is 8.54. The zero-order chi connectivity index (χ0) is 15.0. The smallest absolute Gasteiger partial charge is 0.310 e. The molecule has 19 heavy (non-hydrogen) atoms. The fourth-order valence-electron chi connectivity index (χ4n) is 3.14. The number of amides is 1. The maximum Gasteiger partial charge on any atom is 0.310 e. The van der Waals surface area contributed by atoms with E-state index in [1.165, 1.54) is 14.0 Å². The van der Waals surface area contributed by atoms with E-state index < -0.39 is 0 Å². The minimum atomic E-state index is -0.327. The molecule has 1 saturated heterocycles. The lowest BCUT2D eigenvalue weighted by molar-refractivity contribution is -0.157. The molecule has 1 N–H and O–H groups in total. The van der Waals surface area contributed by atoms with E-state index in [2.05, 4.69) is 24.1 Å². The van der Waals surface area contributed by atoms with Crippen molar-refractivity contribution in [3.8, 4) is 0 Å². The highest BCUT2D eigenvalue weighted by Crippen LogP contribution is 2.40. The maximum absolute atomic E-state index is 12.0. The van der Waals surface area contributed by atoms with Crippen LogP contribution in [0.4, 0.5) is 0 Å². The predicted molar refractivity (Wildman–Crippen MR) is 73.6 cm³/mol. The largest absolute Gasteiger partial charge is 0.469 e. The van der Waals surface area contributed by atoms with Crippen LogP contribution in [0.5, 0.6) is 0 Å². The van der Waals surface area contributed by atoms with Gasteiger partial charge in [0.1, 0.15) is 0 Å². The van der Waals surface area contributed by atoms with Gasteiger partial charge in [0, 0.05) is 18.0 Å². The second-order valence-electron chi connectivity index (χ2n) is 6.54. The van der Waals surface area contributed by atoms with Gasteiger partial charge in [0.2, 0.25) is 5.91 Å². The fraction of sp³-hybridized carbons (Fsp3) is 0.857. The predicted octanol–water partition coefficient (Wildman–Crippen LogP) is 1.17. The lowest BCUT2D eigenvalue weighted by atomic mass is 9.70. The monoisotopic (exact) mass is 270 g/mol. The van der Waals surface area contributed by atoms with Gasteiger partial charge in [-0.15, -0.1) is 0 Å². The van der Waals surface area contributed by atoms with E-state index in [9.17, 15) is 9.59 Å². The van der Waals surface area contributed by atoms with E-state index in [1.54, 1.807) is 0 Å². The summed E-state index contributed by atoms with van der Waals surface area (Å²) in [6.07, 6.45) is 0.657. The summed E-state index contributed by atoms with van der Waals surface area (Å²) < 4.78 is 4.91. The van der Waals surface area contributed by atoms with Crippen molar-refractivity contribution in [2.45, 2.75) is 58.2 Å². The topological polar surface area (TPSA) is 58.6 Å². The van der Waals surface area contributed by atoms with Crippen molar-refractivity contribution in [2.24, 2.45) is 5.92 Å². The van der Waals surface area contributed by atoms with Crippen LogP contribution >= 0.6 is 0 Å². The molecular weight excluding hydrogens is 244 g/mol. The summed E-state index contributed by atoms with van der Waals surface area (Å²) >= 11 is 0. The summed E-state index contributed by atoms with van der Waals surface area (Å²) in [4.78, 5) is 25.7. The third kappa shape index (κ3) is 2.91. The van der Waals surface area contributed by atoms with Gasteiger partial charge in [0.25, 0.3) is 0 Å². The lowest BCUT2D eigenvalue weighted by Crippen LogP contribution is -2.71. The minimum Gasteiger partial charge on any atom is -0.469 e. The first kappa shape index (κ1) is 16.0. The Morgan fingerprint density at radius 1 is 1.26 bits per heavy atom. The van der Waals surface area contributed by atoms with Gasteiger partial charge < -0.3 is 10.1 Å². The lowest BCUT2D eigenvalue weighted by Gasteiger charge is -2.57. The maximum atomic E-state index is 12.0. The Morgan fingerprint density at radius 2 is 1.79 bits per heavy atom. The summed E-state index contributed by atoms with van der Waals surface area (Å²) in [5.41, 5.74) is -0.455. The van der Waals surface area contributed by atoms with Crippen LogP contribution in [-0.4, -0.2) is 48.1 Å². The quantitative estimate of drug-likeness (QED) is 0.765. The number of methoxy groups -OCH3 is 1. The standard InChI is InChI=1S/C14H26N2O3/c1-9(17)15-11-10(12(18)19-7)8-13(2,3)16(6)14(11,4)5/h10-11H,8H2,1-7H3,(H,15,17). The van der Waals surface area contributed by atoms with Crippen molar-refractivity contribution >= 4 is 11.9 Å². The van der Waals surface area contributed by atoms with Gasteiger partial charge in [0.05, 0.1) is 19.1 Å². The van der Waals surface area contributed by atoms with Gasteiger partial charge in [-0.3, -0.25) is 14.5 Å². The van der Waals surface area contributed by atoms with Crippen molar-refractivity contribution in [1.82, 2.24) is 10.2 Å². The van der Waals surface area contributed by atoms with E-state index in [-0.39, 0.29) is 34.9 Å². The number of hydrogen-bond acceptors (Lipinski definition) is 4. The van der Waals surface area contributed by atoms with Gasteiger partial charge in [-0.05, 0) is 41.2 Å². The van der Waals surface area contributed by atoms with Crippen LogP contribution < -0.4 is 5.32 Å². The first-order valence-corrected chi connectivity index (χ1v) is 6.63. The summed E-state index contributed by atoms with van der Waals surface area (Å²) in [6.45, 7) is 9.78. The van der Waals surface area contributed by atoms with Crippen molar-refractivity contribution in [2.75, 3.05) is 14.2 Å². The SMILES string of the molecule is COC(=O)C1CC(C)(C)N(C)C(C)(C)C1NC(C)=O. The Hall–Kier alpha value is -1.10. The molecule has 0 aromatic carbocycles. The van der Waals surface area contributed by atoms with Crippen molar-refractivity contribution in [3.63, 3.8) is 0 Å². The van der Waals surface area contributed by atoms with Crippen LogP contribution in [0.1, 0.15) is 41.0 Å². The number of nitrogens with zero attached hydrogens (tertiary/aromatic N) is 1. The molecule has 5 nitrogen and oxygen atoms in total. The second-order valence-corrected chi connectivity index (χ2v) is 6.54. The Balaban J connectivity index is 3.18. The molecule has 0 radical (unpaired) electrons. The average molecular weight is 270 g/mol. The highest BCUT2D eigenvalue weighted by atomic mass is 16.5. The van der Waals surface area contributed by atoms with E-state index in [1.807, 2.05) is 20.9 Å². The Morgan fingerprint density at radius 3 is 2.21 bits per heavy atom. The van der Waals surface area contributed by atoms with Crippen LogP contribution in [-0.2, 0) is 14.3 Å². The number of nitrogens with one attached hydrogen (secondary N) is 1. The third-order valence-corrected chi connectivity index (χ3v) is 4.52. The molecule has 0 aromatic heterocycles. The Labute approximate surface area is 115 Å². The van der Waals surface area contributed by atoms with Crippen LogP contribution in [0.3, 0.4) is 0 Å². The first-order valence-electron chi connectivity index (χ1n) is 6.63. The Bertz CT molecular complexity index is 377.